The van der Waals surface area contributed by atoms with E-state index in [0.29, 0.717) is 56.3 Å². The molecule has 1 aliphatic heterocycles. The van der Waals surface area contributed by atoms with Crippen LogP contribution in [0.2, 0.25) is 10.0 Å². The van der Waals surface area contributed by atoms with Crippen molar-refractivity contribution in [1.29, 1.82) is 0 Å². The minimum Gasteiger partial charge on any atom is -0.494 e. The van der Waals surface area contributed by atoms with Gasteiger partial charge in [0.05, 0.1) is 48.2 Å². The monoisotopic (exact) mass is 466 g/mol. The van der Waals surface area contributed by atoms with E-state index in [1.54, 1.807) is 18.2 Å². The molecule has 2 aromatic carbocycles. The highest BCUT2D eigenvalue weighted by Crippen LogP contribution is 2.34. The van der Waals surface area contributed by atoms with E-state index in [9.17, 15) is 9.59 Å². The van der Waals surface area contributed by atoms with E-state index in [4.69, 9.17) is 37.4 Å². The van der Waals surface area contributed by atoms with Crippen LogP contribution in [0.5, 0.6) is 5.75 Å². The summed E-state index contributed by atoms with van der Waals surface area (Å²) in [5, 5.41) is 3.24. The summed E-state index contributed by atoms with van der Waals surface area (Å²) < 4.78 is 15.9. The highest BCUT2D eigenvalue weighted by atomic mass is 35.5. The number of carbonyl (C=O) groups excluding carboxylic acids is 2. The van der Waals surface area contributed by atoms with Crippen LogP contribution in [0, 0.1) is 0 Å². The number of carbonyl (C=O) groups is 2. The van der Waals surface area contributed by atoms with E-state index in [1.807, 2.05) is 6.92 Å². The molecule has 0 saturated carbocycles. The first-order valence-electron chi connectivity index (χ1n) is 9.92. The second-order valence-corrected chi connectivity index (χ2v) is 7.71. The lowest BCUT2D eigenvalue weighted by atomic mass is 10.1. The van der Waals surface area contributed by atoms with Crippen LogP contribution >= 0.6 is 23.2 Å². The smallest absolute Gasteiger partial charge is 0.340 e. The SMILES string of the molecule is CCCOC(=O)c1cc(NC(=O)c2cc(Cl)c(OC)c(Cl)c2)ccc1N1CCOCC1. The molecule has 1 saturated heterocycles. The molecule has 0 radical (unpaired) electrons. The Balaban J connectivity index is 1.87. The van der Waals surface area contributed by atoms with Crippen molar-refractivity contribution in [2.45, 2.75) is 13.3 Å². The van der Waals surface area contributed by atoms with Gasteiger partial charge in [0.15, 0.2) is 5.75 Å². The third kappa shape index (κ3) is 5.61. The summed E-state index contributed by atoms with van der Waals surface area (Å²) in [5.41, 5.74) is 1.86. The summed E-state index contributed by atoms with van der Waals surface area (Å²) in [4.78, 5) is 27.5. The first-order valence-corrected chi connectivity index (χ1v) is 10.7. The van der Waals surface area contributed by atoms with Gasteiger partial charge in [-0.2, -0.15) is 0 Å². The largest absolute Gasteiger partial charge is 0.494 e. The van der Waals surface area contributed by atoms with Gasteiger partial charge in [0, 0.05) is 24.3 Å². The fourth-order valence-corrected chi connectivity index (χ4v) is 3.86. The van der Waals surface area contributed by atoms with Crippen molar-refractivity contribution in [3.63, 3.8) is 0 Å². The fraction of sp³-hybridized carbons (Fsp3) is 0.364. The molecule has 0 atom stereocenters. The number of ether oxygens (including phenoxy) is 3. The van der Waals surface area contributed by atoms with Crippen LogP contribution in [0.4, 0.5) is 11.4 Å². The predicted octanol–water partition coefficient (Wildman–Crippen LogP) is 4.66. The van der Waals surface area contributed by atoms with E-state index < -0.39 is 11.9 Å². The minimum atomic E-state index is -0.435. The molecule has 7 nitrogen and oxygen atoms in total. The molecular weight excluding hydrogens is 443 g/mol. The van der Waals surface area contributed by atoms with Crippen molar-refractivity contribution in [2.24, 2.45) is 0 Å². The molecule has 1 aliphatic rings. The number of anilines is 2. The molecule has 0 unspecified atom stereocenters. The summed E-state index contributed by atoms with van der Waals surface area (Å²) in [7, 11) is 1.45. The standard InChI is InChI=1S/C22H24Cl2N2O5/c1-3-8-31-22(28)16-13-15(4-5-19(16)26-6-9-30-10-7-26)25-21(27)14-11-17(23)20(29-2)18(24)12-14/h4-5,11-13H,3,6-10H2,1-2H3,(H,25,27). The third-order valence-electron chi connectivity index (χ3n) is 4.73. The summed E-state index contributed by atoms with van der Waals surface area (Å²) in [6.45, 7) is 4.76. The number of nitrogens with one attached hydrogen (secondary N) is 1. The number of morpholine rings is 1. The Kier molecular flexibility index (Phi) is 8.01. The lowest BCUT2D eigenvalue weighted by Crippen LogP contribution is -2.37. The van der Waals surface area contributed by atoms with Gasteiger partial charge < -0.3 is 24.4 Å². The molecule has 9 heteroatoms. The number of halogens is 2. The first-order chi connectivity index (χ1) is 14.9. The van der Waals surface area contributed by atoms with Crippen LogP contribution in [0.15, 0.2) is 30.3 Å². The minimum absolute atomic E-state index is 0.228. The number of benzene rings is 2. The molecule has 0 spiro atoms. The Morgan fingerprint density at radius 2 is 1.81 bits per heavy atom. The summed E-state index contributed by atoms with van der Waals surface area (Å²) in [6.07, 6.45) is 0.716. The Hall–Kier alpha value is -2.48. The molecule has 1 fully saturated rings. The number of esters is 1. The van der Waals surface area contributed by atoms with Crippen molar-refractivity contribution in [3.05, 3.63) is 51.5 Å². The predicted molar refractivity (Wildman–Crippen MR) is 121 cm³/mol. The van der Waals surface area contributed by atoms with E-state index in [2.05, 4.69) is 10.2 Å². The van der Waals surface area contributed by atoms with Gasteiger partial charge in [-0.25, -0.2) is 4.79 Å². The number of hydrogen-bond acceptors (Lipinski definition) is 6. The topological polar surface area (TPSA) is 77.1 Å². The van der Waals surface area contributed by atoms with Crippen molar-refractivity contribution < 1.29 is 23.8 Å². The van der Waals surface area contributed by atoms with E-state index in [0.717, 1.165) is 5.69 Å². The Morgan fingerprint density at radius 3 is 2.42 bits per heavy atom. The molecule has 3 rings (SSSR count). The van der Waals surface area contributed by atoms with Crippen molar-refractivity contribution >= 4 is 46.5 Å². The quantitative estimate of drug-likeness (QED) is 0.597. The van der Waals surface area contributed by atoms with Crippen LogP contribution in [0.3, 0.4) is 0 Å². The lowest BCUT2D eigenvalue weighted by molar-refractivity contribution is 0.0504. The van der Waals surface area contributed by atoms with E-state index in [-0.39, 0.29) is 15.6 Å². The van der Waals surface area contributed by atoms with Crippen molar-refractivity contribution in [1.82, 2.24) is 0 Å². The normalized spacial score (nSPS) is 13.6. The first kappa shape index (κ1) is 23.2. The highest BCUT2D eigenvalue weighted by Gasteiger charge is 2.21. The molecule has 0 aromatic heterocycles. The van der Waals surface area contributed by atoms with Crippen molar-refractivity contribution in [3.8, 4) is 5.75 Å². The maximum absolute atomic E-state index is 12.7. The molecule has 1 N–H and O–H groups in total. The molecule has 31 heavy (non-hydrogen) atoms. The summed E-state index contributed by atoms with van der Waals surface area (Å²) in [5.74, 6) is -0.552. The number of amides is 1. The Morgan fingerprint density at radius 1 is 1.13 bits per heavy atom. The molecule has 0 bridgehead atoms. The van der Waals surface area contributed by atoms with Gasteiger partial charge in [0.2, 0.25) is 0 Å². The van der Waals surface area contributed by atoms with Crippen LogP contribution in [0.25, 0.3) is 0 Å². The van der Waals surface area contributed by atoms with Gasteiger partial charge in [-0.3, -0.25) is 4.79 Å². The summed E-state index contributed by atoms with van der Waals surface area (Å²) >= 11 is 12.3. The molecule has 1 heterocycles. The zero-order valence-electron chi connectivity index (χ0n) is 17.4. The third-order valence-corrected chi connectivity index (χ3v) is 5.29. The van der Waals surface area contributed by atoms with Crippen LogP contribution in [0.1, 0.15) is 34.1 Å². The zero-order valence-corrected chi connectivity index (χ0v) is 18.9. The van der Waals surface area contributed by atoms with Gasteiger partial charge in [0.1, 0.15) is 0 Å². The van der Waals surface area contributed by atoms with E-state index in [1.165, 1.54) is 19.2 Å². The highest BCUT2D eigenvalue weighted by molar-refractivity contribution is 6.37. The second kappa shape index (κ2) is 10.7. The Bertz CT molecular complexity index is 938. The average molecular weight is 467 g/mol. The maximum atomic E-state index is 12.7. The van der Waals surface area contributed by atoms with E-state index >= 15 is 0 Å². The average Bonchev–Trinajstić information content (AvgIpc) is 2.77. The van der Waals surface area contributed by atoms with Crippen LogP contribution in [-0.4, -0.2) is 51.9 Å². The number of nitrogens with zero attached hydrogens (tertiary/aromatic N) is 1. The number of hydrogen-bond donors (Lipinski definition) is 1. The second-order valence-electron chi connectivity index (χ2n) is 6.89. The summed E-state index contributed by atoms with van der Waals surface area (Å²) in [6, 6.07) is 8.11. The van der Waals surface area contributed by atoms with Gasteiger partial charge in [-0.1, -0.05) is 30.1 Å². The maximum Gasteiger partial charge on any atom is 0.340 e. The van der Waals surface area contributed by atoms with Gasteiger partial charge >= 0.3 is 5.97 Å². The number of rotatable bonds is 7. The molecule has 2 aromatic rings. The molecule has 0 aliphatic carbocycles. The van der Waals surface area contributed by atoms with Crippen LogP contribution in [-0.2, 0) is 9.47 Å². The Labute approximate surface area is 191 Å². The number of methoxy groups -OCH3 is 1. The lowest BCUT2D eigenvalue weighted by Gasteiger charge is -2.30. The van der Waals surface area contributed by atoms with Gasteiger partial charge in [-0.15, -0.1) is 0 Å². The van der Waals surface area contributed by atoms with Crippen molar-refractivity contribution in [2.75, 3.05) is 50.2 Å². The molecular formula is C22H24Cl2N2O5. The fourth-order valence-electron chi connectivity index (χ4n) is 3.22. The van der Waals surface area contributed by atoms with Gasteiger partial charge in [0.25, 0.3) is 5.91 Å². The van der Waals surface area contributed by atoms with Gasteiger partial charge in [-0.05, 0) is 36.8 Å². The molecule has 1 amide bonds. The zero-order chi connectivity index (χ0) is 22.4. The van der Waals surface area contributed by atoms with Crippen LogP contribution < -0.4 is 15.0 Å². The molecule has 166 valence electrons.